The molecule has 0 aromatic heterocycles. The Morgan fingerprint density at radius 3 is 2.11 bits per heavy atom. The Morgan fingerprint density at radius 1 is 1.14 bits per heavy atom. The predicted octanol–water partition coefficient (Wildman–Crippen LogP) is 0.0342. The molecule has 10 heteroatoms. The smallest absolute Gasteiger partial charge is 0.258 e. The summed E-state index contributed by atoms with van der Waals surface area (Å²) in [5.41, 5.74) is 12.1. The Morgan fingerprint density at radius 2 is 1.68 bits per heavy atom. The van der Waals surface area contributed by atoms with Crippen molar-refractivity contribution in [1.82, 2.24) is 9.80 Å². The van der Waals surface area contributed by atoms with Gasteiger partial charge in [-0.25, -0.2) is 4.90 Å². The molecule has 1 aromatic carbocycles. The average Bonchev–Trinajstić information content (AvgIpc) is 2.99. The van der Waals surface area contributed by atoms with Crippen molar-refractivity contribution in [1.29, 1.82) is 0 Å². The molecule has 0 radical (unpaired) electrons. The molecule has 1 fully saturated rings. The lowest BCUT2D eigenvalue weighted by molar-refractivity contribution is -0.156. The highest BCUT2D eigenvalue weighted by atomic mass is 32.2. The third-order valence-corrected chi connectivity index (χ3v) is 5.45. The lowest BCUT2D eigenvalue weighted by atomic mass is 10.0. The van der Waals surface area contributed by atoms with Crippen LogP contribution in [0.15, 0.2) is 30.3 Å². The van der Waals surface area contributed by atoms with Crippen LogP contribution in [0.2, 0.25) is 0 Å². The number of hydrogen-bond donors (Lipinski definition) is 2. The highest BCUT2D eigenvalue weighted by Gasteiger charge is 2.43. The zero-order chi connectivity index (χ0) is 21.0. The number of rotatable bonds is 6. The van der Waals surface area contributed by atoms with E-state index in [2.05, 4.69) is 0 Å². The number of nitrogens with two attached hydrogens (primary N) is 2. The Labute approximate surface area is 172 Å². The molecule has 1 saturated heterocycles. The van der Waals surface area contributed by atoms with Gasteiger partial charge in [0.15, 0.2) is 4.32 Å². The van der Waals surface area contributed by atoms with Crippen molar-refractivity contribution in [3.05, 3.63) is 35.9 Å². The Kier molecular flexibility index (Phi) is 7.41. The molecule has 0 bridgehead atoms. The van der Waals surface area contributed by atoms with Crippen LogP contribution in [0.3, 0.4) is 0 Å². The van der Waals surface area contributed by atoms with E-state index < -0.39 is 41.8 Å². The number of carbonyl (C=O) groups excluding carboxylic acids is 4. The lowest BCUT2D eigenvalue weighted by Crippen LogP contribution is -2.60. The van der Waals surface area contributed by atoms with Crippen LogP contribution in [0.4, 0.5) is 0 Å². The summed E-state index contributed by atoms with van der Waals surface area (Å²) in [5.74, 6) is -2.69. The molecule has 28 heavy (non-hydrogen) atoms. The highest BCUT2D eigenvalue weighted by Crippen LogP contribution is 2.23. The summed E-state index contributed by atoms with van der Waals surface area (Å²) >= 11 is 6.16. The zero-order valence-electron chi connectivity index (χ0n) is 15.5. The van der Waals surface area contributed by atoms with E-state index in [1.807, 2.05) is 0 Å². The first-order valence-electron chi connectivity index (χ1n) is 8.60. The van der Waals surface area contributed by atoms with Crippen molar-refractivity contribution in [3.63, 3.8) is 0 Å². The number of carbonyl (C=O) groups is 4. The van der Waals surface area contributed by atoms with Gasteiger partial charge in [0, 0.05) is 6.42 Å². The Balaban J connectivity index is 2.51. The van der Waals surface area contributed by atoms with Crippen molar-refractivity contribution in [2.45, 2.75) is 38.4 Å². The van der Waals surface area contributed by atoms with Gasteiger partial charge in [-0.15, -0.1) is 0 Å². The fourth-order valence-corrected chi connectivity index (χ4v) is 3.76. The summed E-state index contributed by atoms with van der Waals surface area (Å²) in [6.07, 6.45) is 0.00759. The standard InChI is InChI=1S/C18H22N4O4S2/c1-10(19)15(24)21(16(25)11(2)20)13(8-12-6-4-3-5-7-12)17(26)22-14(23)9-28-18(22)27/h3-7,10-11,13H,8-9,19-20H2,1-2H3/t10-,11-,13-/m0/s1. The van der Waals surface area contributed by atoms with E-state index in [0.717, 1.165) is 21.6 Å². The minimum Gasteiger partial charge on any atom is -0.320 e. The minimum atomic E-state index is -1.29. The first kappa shape index (κ1) is 22.2. The van der Waals surface area contributed by atoms with Crippen molar-refractivity contribution in [3.8, 4) is 0 Å². The van der Waals surface area contributed by atoms with Crippen molar-refractivity contribution in [2.24, 2.45) is 11.5 Å². The largest absolute Gasteiger partial charge is 0.320 e. The van der Waals surface area contributed by atoms with Gasteiger partial charge in [0.25, 0.3) is 5.91 Å². The molecule has 0 saturated carbocycles. The SMILES string of the molecule is C[C@H](N)C(=O)N(C(=O)[C@H](C)N)[C@@H](Cc1ccccc1)C(=O)N1C(=O)CSC1=S. The predicted molar refractivity (Wildman–Crippen MR) is 110 cm³/mol. The number of thioether (sulfide) groups is 1. The van der Waals surface area contributed by atoms with Crippen molar-refractivity contribution < 1.29 is 19.2 Å². The van der Waals surface area contributed by atoms with Crippen molar-refractivity contribution >= 4 is 51.9 Å². The first-order chi connectivity index (χ1) is 13.1. The molecule has 1 aliphatic rings. The van der Waals surface area contributed by atoms with E-state index in [-0.39, 0.29) is 16.5 Å². The van der Waals surface area contributed by atoms with Crippen LogP contribution >= 0.6 is 24.0 Å². The molecule has 4 N–H and O–H groups in total. The van der Waals surface area contributed by atoms with Gasteiger partial charge in [0.05, 0.1) is 17.8 Å². The third kappa shape index (κ3) is 4.82. The van der Waals surface area contributed by atoms with Gasteiger partial charge >= 0.3 is 0 Å². The molecular formula is C18H22N4O4S2. The van der Waals surface area contributed by atoms with Crippen LogP contribution in [0, 0.1) is 0 Å². The first-order valence-corrected chi connectivity index (χ1v) is 10.00. The van der Waals surface area contributed by atoms with Gasteiger partial charge in [0.1, 0.15) is 6.04 Å². The van der Waals surface area contributed by atoms with Gasteiger partial charge in [-0.3, -0.25) is 24.1 Å². The summed E-state index contributed by atoms with van der Waals surface area (Å²) in [7, 11) is 0. The normalized spacial score (nSPS) is 17.2. The maximum absolute atomic E-state index is 13.2. The number of thiocarbonyl (C=S) groups is 1. The highest BCUT2D eigenvalue weighted by molar-refractivity contribution is 8.24. The van der Waals surface area contributed by atoms with E-state index >= 15 is 0 Å². The molecule has 3 atom stereocenters. The van der Waals surface area contributed by atoms with E-state index in [4.69, 9.17) is 23.7 Å². The van der Waals surface area contributed by atoms with Crippen LogP contribution in [-0.4, -0.2) is 61.6 Å². The average molecular weight is 423 g/mol. The second kappa shape index (κ2) is 9.37. The van der Waals surface area contributed by atoms with E-state index in [9.17, 15) is 19.2 Å². The number of imide groups is 2. The maximum atomic E-state index is 13.2. The summed E-state index contributed by atoms with van der Waals surface area (Å²) < 4.78 is 0.0921. The van der Waals surface area contributed by atoms with E-state index in [1.165, 1.54) is 13.8 Å². The lowest BCUT2D eigenvalue weighted by Gasteiger charge is -2.33. The monoisotopic (exact) mass is 422 g/mol. The number of amides is 4. The fraction of sp³-hybridized carbons (Fsp3) is 0.389. The second-order valence-electron chi connectivity index (χ2n) is 6.45. The van der Waals surface area contributed by atoms with Crippen LogP contribution < -0.4 is 11.5 Å². The molecule has 1 aliphatic heterocycles. The van der Waals surface area contributed by atoms with Crippen LogP contribution in [-0.2, 0) is 25.6 Å². The van der Waals surface area contributed by atoms with E-state index in [1.54, 1.807) is 30.3 Å². The Bertz CT molecular complexity index is 762. The third-order valence-electron chi connectivity index (χ3n) is 4.09. The quantitative estimate of drug-likeness (QED) is 0.615. The number of hydrogen-bond acceptors (Lipinski definition) is 8. The van der Waals surface area contributed by atoms with Gasteiger partial charge in [0.2, 0.25) is 17.7 Å². The van der Waals surface area contributed by atoms with Gasteiger partial charge in [-0.2, -0.15) is 0 Å². The topological polar surface area (TPSA) is 127 Å². The molecule has 150 valence electrons. The molecule has 8 nitrogen and oxygen atoms in total. The maximum Gasteiger partial charge on any atom is 0.258 e. The molecule has 2 rings (SSSR count). The number of benzene rings is 1. The minimum absolute atomic E-state index is 0.00759. The second-order valence-corrected chi connectivity index (χ2v) is 8.06. The summed E-state index contributed by atoms with van der Waals surface area (Å²) in [4.78, 5) is 52.5. The molecule has 0 unspecified atom stereocenters. The zero-order valence-corrected chi connectivity index (χ0v) is 17.2. The Hall–Kier alpha value is -2.14. The molecule has 1 aromatic rings. The molecule has 4 amide bonds. The van der Waals surface area contributed by atoms with E-state index in [0.29, 0.717) is 5.56 Å². The number of nitrogens with zero attached hydrogens (tertiary/aromatic N) is 2. The summed E-state index contributed by atoms with van der Waals surface area (Å²) in [6, 6.07) is 5.48. The summed E-state index contributed by atoms with van der Waals surface area (Å²) in [5, 5.41) is 0. The summed E-state index contributed by atoms with van der Waals surface area (Å²) in [6.45, 7) is 2.82. The van der Waals surface area contributed by atoms with Crippen LogP contribution in [0.5, 0.6) is 0 Å². The van der Waals surface area contributed by atoms with Crippen molar-refractivity contribution in [2.75, 3.05) is 5.75 Å². The van der Waals surface area contributed by atoms with Gasteiger partial charge in [-0.1, -0.05) is 54.3 Å². The molecule has 0 aliphatic carbocycles. The molecule has 1 heterocycles. The fourth-order valence-electron chi connectivity index (χ4n) is 2.70. The molecule has 0 spiro atoms. The van der Waals surface area contributed by atoms with Gasteiger partial charge < -0.3 is 11.5 Å². The molecular weight excluding hydrogens is 400 g/mol. The van der Waals surface area contributed by atoms with Crippen LogP contribution in [0.25, 0.3) is 0 Å². The van der Waals surface area contributed by atoms with Gasteiger partial charge in [-0.05, 0) is 19.4 Å². The van der Waals surface area contributed by atoms with Crippen LogP contribution in [0.1, 0.15) is 19.4 Å².